The summed E-state index contributed by atoms with van der Waals surface area (Å²) in [5, 5.41) is 0. The molecule has 0 heterocycles. The molecule has 21 heavy (non-hydrogen) atoms. The first-order chi connectivity index (χ1) is 10.3. The normalized spacial score (nSPS) is 8.81. The minimum absolute atomic E-state index is 0.270. The van der Waals surface area contributed by atoms with Crippen molar-refractivity contribution in [3.05, 3.63) is 65.7 Å². The van der Waals surface area contributed by atoms with Crippen LogP contribution in [0.3, 0.4) is 0 Å². The topological polar surface area (TPSA) is 18.5 Å². The number of aryl methyl sites for hydroxylation is 1. The molecule has 0 saturated heterocycles. The average Bonchev–Trinajstić information content (AvgIpc) is 2.56. The first-order valence-corrected chi connectivity index (χ1v) is 7.58. The quantitative estimate of drug-likeness (QED) is 0.554. The zero-order valence-corrected chi connectivity index (χ0v) is 14.1. The average molecular weight is 309 g/mol. The predicted octanol–water partition coefficient (Wildman–Crippen LogP) is 5.43. The maximum Gasteiger partial charge on any atom is 0.188 e. The molecular formula is C18H25ClO2. The van der Waals surface area contributed by atoms with Gasteiger partial charge in [-0.15, -0.1) is 11.6 Å². The van der Waals surface area contributed by atoms with Crippen LogP contribution in [0.25, 0.3) is 0 Å². The first kappa shape index (κ1) is 19.5. The molecule has 0 fully saturated rings. The highest BCUT2D eigenvalue weighted by atomic mass is 35.5. The Balaban J connectivity index is 0.000000377. The van der Waals surface area contributed by atoms with Gasteiger partial charge in [-0.05, 0) is 24.6 Å². The third-order valence-electron chi connectivity index (χ3n) is 2.34. The van der Waals surface area contributed by atoms with Gasteiger partial charge >= 0.3 is 0 Å². The van der Waals surface area contributed by atoms with E-state index in [0.29, 0.717) is 5.88 Å². The van der Waals surface area contributed by atoms with Gasteiger partial charge in [-0.25, -0.2) is 0 Å². The molecule has 0 spiro atoms. The van der Waals surface area contributed by atoms with Gasteiger partial charge < -0.3 is 9.47 Å². The van der Waals surface area contributed by atoms with Crippen molar-refractivity contribution in [2.75, 3.05) is 13.9 Å². The van der Waals surface area contributed by atoms with Gasteiger partial charge in [0.15, 0.2) is 6.79 Å². The van der Waals surface area contributed by atoms with Crippen molar-refractivity contribution in [3.8, 4) is 5.75 Å². The largest absolute Gasteiger partial charge is 0.468 e. The lowest BCUT2D eigenvalue weighted by atomic mass is 10.2. The predicted molar refractivity (Wildman–Crippen MR) is 91.0 cm³/mol. The minimum Gasteiger partial charge on any atom is -0.468 e. The van der Waals surface area contributed by atoms with E-state index in [4.69, 9.17) is 21.1 Å². The monoisotopic (exact) mass is 308 g/mol. The standard InChI is InChI=1S/C9H11ClO2.C7H8.C2H6/c1-11-7-12-9-4-2-3-8(5-9)6-10;1-7-5-3-2-4-6-7;1-2/h2-5H,6-7H2,1H3;2-6H,1H3;1-2H3. The van der Waals surface area contributed by atoms with Crippen molar-refractivity contribution in [2.24, 2.45) is 0 Å². The van der Waals surface area contributed by atoms with Crippen LogP contribution >= 0.6 is 11.6 Å². The van der Waals surface area contributed by atoms with Crippen LogP contribution in [0.1, 0.15) is 25.0 Å². The lowest BCUT2D eigenvalue weighted by Crippen LogP contribution is -1.98. The molecule has 0 aliphatic heterocycles. The number of hydrogen-bond acceptors (Lipinski definition) is 2. The summed E-state index contributed by atoms with van der Waals surface area (Å²) in [4.78, 5) is 0. The third-order valence-corrected chi connectivity index (χ3v) is 2.65. The van der Waals surface area contributed by atoms with Gasteiger partial charge in [0, 0.05) is 13.0 Å². The number of methoxy groups -OCH3 is 1. The third kappa shape index (κ3) is 9.94. The smallest absolute Gasteiger partial charge is 0.188 e. The summed E-state index contributed by atoms with van der Waals surface area (Å²) in [7, 11) is 1.59. The molecular weight excluding hydrogens is 284 g/mol. The fourth-order valence-electron chi connectivity index (χ4n) is 1.38. The summed E-state index contributed by atoms with van der Waals surface area (Å²) < 4.78 is 9.98. The lowest BCUT2D eigenvalue weighted by molar-refractivity contribution is 0.0511. The van der Waals surface area contributed by atoms with Crippen molar-refractivity contribution in [1.82, 2.24) is 0 Å². The molecule has 0 aliphatic carbocycles. The van der Waals surface area contributed by atoms with Gasteiger partial charge in [0.2, 0.25) is 0 Å². The van der Waals surface area contributed by atoms with Crippen molar-refractivity contribution < 1.29 is 9.47 Å². The molecule has 0 aromatic heterocycles. The molecule has 0 atom stereocenters. The first-order valence-electron chi connectivity index (χ1n) is 7.04. The van der Waals surface area contributed by atoms with Crippen LogP contribution in [0, 0.1) is 6.92 Å². The van der Waals surface area contributed by atoms with E-state index in [1.807, 2.05) is 56.3 Å². The summed E-state index contributed by atoms with van der Waals surface area (Å²) in [5.41, 5.74) is 2.37. The van der Waals surface area contributed by atoms with Crippen molar-refractivity contribution >= 4 is 11.6 Å². The van der Waals surface area contributed by atoms with Crippen LogP contribution in [0.5, 0.6) is 5.75 Å². The Morgan fingerprint density at radius 2 is 1.62 bits per heavy atom. The fraction of sp³-hybridized carbons (Fsp3) is 0.333. The van der Waals surface area contributed by atoms with Gasteiger partial charge in [-0.1, -0.05) is 61.9 Å². The molecule has 0 saturated carbocycles. The second kappa shape index (κ2) is 13.5. The van der Waals surface area contributed by atoms with Gasteiger partial charge in [-0.2, -0.15) is 0 Å². The molecule has 0 amide bonds. The van der Waals surface area contributed by atoms with E-state index in [0.717, 1.165) is 11.3 Å². The van der Waals surface area contributed by atoms with E-state index in [1.165, 1.54) is 5.56 Å². The fourth-order valence-corrected chi connectivity index (χ4v) is 1.55. The van der Waals surface area contributed by atoms with Crippen molar-refractivity contribution in [2.45, 2.75) is 26.7 Å². The Hall–Kier alpha value is -1.51. The SMILES string of the molecule is CC.COCOc1cccc(CCl)c1.Cc1ccccc1. The lowest BCUT2D eigenvalue weighted by Gasteiger charge is -2.04. The van der Waals surface area contributed by atoms with Crippen LogP contribution in [-0.4, -0.2) is 13.9 Å². The Labute approximate surface area is 133 Å². The molecule has 0 radical (unpaired) electrons. The van der Waals surface area contributed by atoms with Crippen molar-refractivity contribution in [1.29, 1.82) is 0 Å². The maximum absolute atomic E-state index is 5.65. The van der Waals surface area contributed by atoms with E-state index >= 15 is 0 Å². The number of ether oxygens (including phenoxy) is 2. The highest BCUT2D eigenvalue weighted by Gasteiger charge is 1.94. The van der Waals surface area contributed by atoms with Gasteiger partial charge in [0.25, 0.3) is 0 Å². The molecule has 2 nitrogen and oxygen atoms in total. The zero-order valence-electron chi connectivity index (χ0n) is 13.3. The molecule has 2 aromatic carbocycles. The van der Waals surface area contributed by atoms with Crippen molar-refractivity contribution in [3.63, 3.8) is 0 Å². The van der Waals surface area contributed by atoms with E-state index in [1.54, 1.807) is 7.11 Å². The number of alkyl halides is 1. The Kier molecular flexibility index (Phi) is 12.5. The summed E-state index contributed by atoms with van der Waals surface area (Å²) >= 11 is 5.65. The second-order valence-electron chi connectivity index (χ2n) is 3.99. The van der Waals surface area contributed by atoms with Crippen LogP contribution in [0.2, 0.25) is 0 Å². The van der Waals surface area contributed by atoms with E-state index in [-0.39, 0.29) is 6.79 Å². The summed E-state index contributed by atoms with van der Waals surface area (Å²) in [6, 6.07) is 17.9. The molecule has 2 rings (SSSR count). The molecule has 0 N–H and O–H groups in total. The van der Waals surface area contributed by atoms with E-state index in [2.05, 4.69) is 19.1 Å². The summed E-state index contributed by atoms with van der Waals surface area (Å²) in [6.45, 7) is 6.35. The summed E-state index contributed by atoms with van der Waals surface area (Å²) in [5.74, 6) is 1.29. The number of benzene rings is 2. The molecule has 3 heteroatoms. The Morgan fingerprint density at radius 3 is 2.10 bits per heavy atom. The number of hydrogen-bond donors (Lipinski definition) is 0. The molecule has 0 aliphatic rings. The van der Waals surface area contributed by atoms with Crippen LogP contribution < -0.4 is 4.74 Å². The minimum atomic E-state index is 0.270. The molecule has 116 valence electrons. The van der Waals surface area contributed by atoms with E-state index in [9.17, 15) is 0 Å². The van der Waals surface area contributed by atoms with Gasteiger partial charge in [-0.3, -0.25) is 0 Å². The summed E-state index contributed by atoms with van der Waals surface area (Å²) in [6.07, 6.45) is 0. The van der Waals surface area contributed by atoms with Gasteiger partial charge in [0.05, 0.1) is 0 Å². The number of rotatable bonds is 4. The highest BCUT2D eigenvalue weighted by molar-refractivity contribution is 6.17. The molecule has 2 aromatic rings. The van der Waals surface area contributed by atoms with Crippen LogP contribution in [0.4, 0.5) is 0 Å². The molecule has 0 unspecified atom stereocenters. The zero-order chi connectivity index (χ0) is 15.9. The van der Waals surface area contributed by atoms with E-state index < -0.39 is 0 Å². The second-order valence-corrected chi connectivity index (χ2v) is 4.25. The molecule has 0 bridgehead atoms. The highest BCUT2D eigenvalue weighted by Crippen LogP contribution is 2.14. The Morgan fingerprint density at radius 1 is 0.952 bits per heavy atom. The Bertz CT molecular complexity index is 458. The van der Waals surface area contributed by atoms with Crippen LogP contribution in [-0.2, 0) is 10.6 Å². The maximum atomic E-state index is 5.65. The number of halogens is 1. The van der Waals surface area contributed by atoms with Gasteiger partial charge in [0.1, 0.15) is 5.75 Å². The van der Waals surface area contributed by atoms with Crippen LogP contribution in [0.15, 0.2) is 54.6 Å².